The number of esters is 1. The number of benzene rings is 1. The Morgan fingerprint density at radius 3 is 2.29 bits per heavy atom. The molecule has 0 radical (unpaired) electrons. The third-order valence-corrected chi connectivity index (χ3v) is 5.22. The van der Waals surface area contributed by atoms with Crippen molar-refractivity contribution in [1.82, 2.24) is 0 Å². The number of methoxy groups -OCH3 is 2. The summed E-state index contributed by atoms with van der Waals surface area (Å²) in [6, 6.07) is 3.63. The quantitative estimate of drug-likeness (QED) is 0.196. The van der Waals surface area contributed by atoms with Gasteiger partial charge in [-0.1, -0.05) is 54.7 Å². The molecule has 0 fully saturated rings. The molecule has 1 aliphatic heterocycles. The van der Waals surface area contributed by atoms with Crippen LogP contribution in [0.1, 0.15) is 73.4 Å². The lowest BCUT2D eigenvalue weighted by Crippen LogP contribution is -1.99. The summed E-state index contributed by atoms with van der Waals surface area (Å²) < 4.78 is 17.5. The topological polar surface area (TPSA) is 44.8 Å². The summed E-state index contributed by atoms with van der Waals surface area (Å²) in [5.74, 6) is 0.949. The van der Waals surface area contributed by atoms with Crippen LogP contribution in [0.3, 0.4) is 0 Å². The van der Waals surface area contributed by atoms with Crippen LogP contribution in [0.2, 0.25) is 0 Å². The van der Waals surface area contributed by atoms with E-state index < -0.39 is 0 Å². The average molecular weight is 446 g/mol. The van der Waals surface area contributed by atoms with E-state index in [-0.39, 0.29) is 12.1 Å². The molecular formula is C19H27IO4. The molecule has 134 valence electrons. The Hall–Kier alpha value is -0.980. The van der Waals surface area contributed by atoms with Gasteiger partial charge in [0, 0.05) is 11.6 Å². The molecule has 0 N–H and O–H groups in total. The minimum atomic E-state index is -0.284. The van der Waals surface area contributed by atoms with Crippen LogP contribution < -0.4 is 9.47 Å². The smallest absolute Gasteiger partial charge is 0.342 e. The zero-order valence-corrected chi connectivity index (χ0v) is 16.8. The highest BCUT2D eigenvalue weighted by atomic mass is 127. The van der Waals surface area contributed by atoms with Crippen molar-refractivity contribution in [2.45, 2.75) is 57.5 Å². The van der Waals surface area contributed by atoms with Gasteiger partial charge in [0.05, 0.1) is 14.2 Å². The Balaban J connectivity index is 1.85. The highest BCUT2D eigenvalue weighted by Crippen LogP contribution is 2.41. The number of cyclic esters (lactones) is 1. The first kappa shape index (κ1) is 19.3. The number of rotatable bonds is 11. The Kier molecular flexibility index (Phi) is 8.15. The van der Waals surface area contributed by atoms with Gasteiger partial charge < -0.3 is 14.2 Å². The van der Waals surface area contributed by atoms with Crippen molar-refractivity contribution in [2.75, 3.05) is 18.6 Å². The zero-order valence-electron chi connectivity index (χ0n) is 14.6. The number of carbonyl (C=O) groups is 1. The highest BCUT2D eigenvalue weighted by Gasteiger charge is 2.34. The molecule has 0 amide bonds. The molecule has 4 nitrogen and oxygen atoms in total. The van der Waals surface area contributed by atoms with Crippen LogP contribution in [0.4, 0.5) is 0 Å². The molecule has 1 aromatic rings. The third kappa shape index (κ3) is 5.01. The lowest BCUT2D eigenvalue weighted by Gasteiger charge is -2.12. The van der Waals surface area contributed by atoms with E-state index in [0.29, 0.717) is 17.1 Å². The minimum Gasteiger partial charge on any atom is -0.497 e. The molecule has 0 aliphatic carbocycles. The lowest BCUT2D eigenvalue weighted by atomic mass is 9.99. The predicted octanol–water partition coefficient (Wildman–Crippen LogP) is 5.47. The van der Waals surface area contributed by atoms with Gasteiger partial charge in [-0.05, 0) is 29.8 Å². The first-order valence-electron chi connectivity index (χ1n) is 8.74. The molecule has 1 atom stereocenters. The fourth-order valence-corrected chi connectivity index (χ4v) is 3.68. The van der Waals surface area contributed by atoms with Crippen LogP contribution in [-0.2, 0) is 4.74 Å². The number of carbonyl (C=O) groups excluding carboxylic acids is 1. The van der Waals surface area contributed by atoms with Crippen molar-refractivity contribution >= 4 is 28.6 Å². The maximum Gasteiger partial charge on any atom is 0.342 e. The number of hydrogen-bond donors (Lipinski definition) is 0. The van der Waals surface area contributed by atoms with E-state index >= 15 is 0 Å². The maximum absolute atomic E-state index is 12.1. The monoisotopic (exact) mass is 446 g/mol. The fourth-order valence-electron chi connectivity index (χ4n) is 3.14. The summed E-state index contributed by atoms with van der Waals surface area (Å²) in [6.07, 6.45) is 9.53. The first-order valence-corrected chi connectivity index (χ1v) is 10.3. The van der Waals surface area contributed by atoms with Gasteiger partial charge in [0.15, 0.2) is 0 Å². The van der Waals surface area contributed by atoms with E-state index in [9.17, 15) is 4.79 Å². The number of unbranched alkanes of at least 4 members (excludes halogenated alkanes) is 6. The van der Waals surface area contributed by atoms with Crippen LogP contribution in [0.25, 0.3) is 0 Å². The van der Waals surface area contributed by atoms with E-state index in [2.05, 4.69) is 22.6 Å². The standard InChI is InChI=1S/C19H27IO4/c1-22-14-12-15-16(10-8-6-4-3-5-7-9-11-20)24-19(21)18(15)17(13-14)23-2/h12-13,16H,3-11H2,1-2H3. The summed E-state index contributed by atoms with van der Waals surface area (Å²) in [4.78, 5) is 12.1. The fraction of sp³-hybridized carbons (Fsp3) is 0.632. The van der Waals surface area contributed by atoms with Crippen LogP contribution in [0, 0.1) is 0 Å². The summed E-state index contributed by atoms with van der Waals surface area (Å²) in [5.41, 5.74) is 1.46. The molecule has 0 saturated carbocycles. The van der Waals surface area contributed by atoms with Crippen molar-refractivity contribution in [2.24, 2.45) is 0 Å². The van der Waals surface area contributed by atoms with Gasteiger partial charge in [0.1, 0.15) is 23.2 Å². The van der Waals surface area contributed by atoms with Gasteiger partial charge in [-0.25, -0.2) is 4.79 Å². The molecule has 2 rings (SSSR count). The largest absolute Gasteiger partial charge is 0.497 e. The minimum absolute atomic E-state index is 0.171. The van der Waals surface area contributed by atoms with Gasteiger partial charge >= 0.3 is 5.97 Å². The molecular weight excluding hydrogens is 419 g/mol. The van der Waals surface area contributed by atoms with Gasteiger partial charge in [-0.15, -0.1) is 0 Å². The average Bonchev–Trinajstić information content (AvgIpc) is 2.92. The van der Waals surface area contributed by atoms with Crippen molar-refractivity contribution in [3.8, 4) is 11.5 Å². The number of ether oxygens (including phenoxy) is 3. The van der Waals surface area contributed by atoms with E-state index in [4.69, 9.17) is 14.2 Å². The van der Waals surface area contributed by atoms with E-state index in [1.54, 1.807) is 20.3 Å². The molecule has 0 bridgehead atoms. The predicted molar refractivity (Wildman–Crippen MR) is 104 cm³/mol. The van der Waals surface area contributed by atoms with Crippen molar-refractivity contribution in [3.05, 3.63) is 23.3 Å². The van der Waals surface area contributed by atoms with Gasteiger partial charge in [0.2, 0.25) is 0 Å². The normalized spacial score (nSPS) is 16.0. The Morgan fingerprint density at radius 1 is 1.00 bits per heavy atom. The number of fused-ring (bicyclic) bond motifs is 1. The van der Waals surface area contributed by atoms with Crippen molar-refractivity contribution in [1.29, 1.82) is 0 Å². The Labute approximate surface area is 158 Å². The first-order chi connectivity index (χ1) is 11.7. The Bertz CT molecular complexity index is 544. The lowest BCUT2D eigenvalue weighted by molar-refractivity contribution is 0.0361. The molecule has 0 saturated heterocycles. The van der Waals surface area contributed by atoms with E-state index in [0.717, 1.165) is 18.4 Å². The van der Waals surface area contributed by atoms with Crippen molar-refractivity contribution in [3.63, 3.8) is 0 Å². The van der Waals surface area contributed by atoms with Gasteiger partial charge in [0.25, 0.3) is 0 Å². The van der Waals surface area contributed by atoms with Crippen molar-refractivity contribution < 1.29 is 19.0 Å². The van der Waals surface area contributed by atoms with E-state index in [1.807, 2.05) is 6.07 Å². The highest BCUT2D eigenvalue weighted by molar-refractivity contribution is 14.1. The Morgan fingerprint density at radius 2 is 1.67 bits per heavy atom. The summed E-state index contributed by atoms with van der Waals surface area (Å²) in [7, 11) is 3.18. The molecule has 24 heavy (non-hydrogen) atoms. The summed E-state index contributed by atoms with van der Waals surface area (Å²) in [5, 5.41) is 0. The molecule has 0 aromatic heterocycles. The molecule has 1 aromatic carbocycles. The SMILES string of the molecule is COc1cc(OC)c2c(c1)C(CCCCCCCCCI)OC2=O. The van der Waals surface area contributed by atoms with Crippen LogP contribution in [0.15, 0.2) is 12.1 Å². The molecule has 1 heterocycles. The number of alkyl halides is 1. The van der Waals surface area contributed by atoms with Crippen LogP contribution in [-0.4, -0.2) is 24.6 Å². The third-order valence-electron chi connectivity index (χ3n) is 4.46. The second-order valence-electron chi connectivity index (χ2n) is 6.14. The molecule has 5 heteroatoms. The number of hydrogen-bond acceptors (Lipinski definition) is 4. The van der Waals surface area contributed by atoms with Gasteiger partial charge in [-0.3, -0.25) is 0 Å². The van der Waals surface area contributed by atoms with E-state index in [1.165, 1.54) is 43.0 Å². The summed E-state index contributed by atoms with van der Waals surface area (Å²) in [6.45, 7) is 0. The van der Waals surface area contributed by atoms with Gasteiger partial charge in [-0.2, -0.15) is 0 Å². The second-order valence-corrected chi connectivity index (χ2v) is 7.22. The zero-order chi connectivity index (χ0) is 17.4. The van der Waals surface area contributed by atoms with Crippen LogP contribution >= 0.6 is 22.6 Å². The molecule has 1 aliphatic rings. The molecule has 1 unspecified atom stereocenters. The maximum atomic E-state index is 12.1. The van der Waals surface area contributed by atoms with Crippen LogP contribution in [0.5, 0.6) is 11.5 Å². The summed E-state index contributed by atoms with van der Waals surface area (Å²) >= 11 is 2.44. The second kappa shape index (κ2) is 10.1. The molecule has 0 spiro atoms. The number of halogens is 1.